The molecule has 0 saturated heterocycles. The van der Waals surface area contributed by atoms with Gasteiger partial charge in [0.15, 0.2) is 0 Å². The maximum absolute atomic E-state index is 12.8. The van der Waals surface area contributed by atoms with Crippen LogP contribution >= 0.6 is 11.8 Å². The molecule has 1 aliphatic heterocycles. The number of fused-ring (bicyclic) bond motifs is 1. The van der Waals surface area contributed by atoms with Crippen molar-refractivity contribution in [1.82, 2.24) is 0 Å². The molecular formula is C24H22N2O3S. The summed E-state index contributed by atoms with van der Waals surface area (Å²) in [5, 5.41) is 2.90. The van der Waals surface area contributed by atoms with E-state index in [1.54, 1.807) is 19.2 Å². The summed E-state index contributed by atoms with van der Waals surface area (Å²) in [6.45, 7) is 0.705. The van der Waals surface area contributed by atoms with Gasteiger partial charge in [-0.1, -0.05) is 36.4 Å². The lowest BCUT2D eigenvalue weighted by Crippen LogP contribution is -2.30. The summed E-state index contributed by atoms with van der Waals surface area (Å²) < 4.78 is 5.21. The Kier molecular flexibility index (Phi) is 6.05. The van der Waals surface area contributed by atoms with Crippen molar-refractivity contribution in [3.63, 3.8) is 0 Å². The molecule has 1 heterocycles. The van der Waals surface area contributed by atoms with Crippen molar-refractivity contribution in [3.05, 3.63) is 83.9 Å². The number of para-hydroxylation sites is 1. The standard InChI is InChI=1S/C24H22N2O3S/c1-29-19-9-6-8-18(15-19)25-24(28)20-10-3-5-12-22(20)30-16-23(27)26-14-13-17-7-2-4-11-21(17)26/h2-12,15H,13-14,16H2,1H3,(H,25,28). The number of carbonyl (C=O) groups excluding carboxylic acids is 2. The third-order valence-corrected chi connectivity index (χ3v) is 6.06. The van der Waals surface area contributed by atoms with Crippen molar-refractivity contribution >= 4 is 35.0 Å². The van der Waals surface area contributed by atoms with Crippen LogP contribution in [0, 0.1) is 0 Å². The quantitative estimate of drug-likeness (QED) is 0.593. The molecule has 0 bridgehead atoms. The zero-order valence-corrected chi connectivity index (χ0v) is 17.4. The molecular weight excluding hydrogens is 396 g/mol. The molecule has 0 unspecified atom stereocenters. The molecule has 4 rings (SSSR count). The topological polar surface area (TPSA) is 58.6 Å². The summed E-state index contributed by atoms with van der Waals surface area (Å²) in [4.78, 5) is 28.3. The fraction of sp³-hybridized carbons (Fsp3) is 0.167. The second-order valence-corrected chi connectivity index (χ2v) is 7.91. The van der Waals surface area contributed by atoms with Crippen LogP contribution in [0.15, 0.2) is 77.7 Å². The lowest BCUT2D eigenvalue weighted by Gasteiger charge is -2.17. The number of nitrogens with one attached hydrogen (secondary N) is 1. The first-order chi connectivity index (χ1) is 14.7. The fourth-order valence-electron chi connectivity index (χ4n) is 3.49. The number of nitrogens with zero attached hydrogens (tertiary/aromatic N) is 1. The van der Waals surface area contributed by atoms with Gasteiger partial charge in [-0.2, -0.15) is 0 Å². The Morgan fingerprint density at radius 2 is 1.83 bits per heavy atom. The largest absolute Gasteiger partial charge is 0.497 e. The molecule has 0 fully saturated rings. The van der Waals surface area contributed by atoms with Crippen LogP contribution in [0.25, 0.3) is 0 Å². The highest BCUT2D eigenvalue weighted by Gasteiger charge is 2.24. The molecule has 5 nitrogen and oxygen atoms in total. The first kappa shape index (κ1) is 20.0. The van der Waals surface area contributed by atoms with Crippen LogP contribution in [0.3, 0.4) is 0 Å². The minimum Gasteiger partial charge on any atom is -0.497 e. The maximum Gasteiger partial charge on any atom is 0.256 e. The number of benzene rings is 3. The van der Waals surface area contributed by atoms with Gasteiger partial charge < -0.3 is 15.0 Å². The zero-order chi connectivity index (χ0) is 20.9. The van der Waals surface area contributed by atoms with E-state index in [2.05, 4.69) is 11.4 Å². The second kappa shape index (κ2) is 9.05. The van der Waals surface area contributed by atoms with Gasteiger partial charge in [0.2, 0.25) is 5.91 Å². The highest BCUT2D eigenvalue weighted by molar-refractivity contribution is 8.00. The average molecular weight is 419 g/mol. The van der Waals surface area contributed by atoms with Crippen molar-refractivity contribution in [2.75, 3.05) is 29.6 Å². The number of hydrogen-bond acceptors (Lipinski definition) is 4. The van der Waals surface area contributed by atoms with E-state index in [0.717, 1.165) is 17.0 Å². The predicted octanol–water partition coefficient (Wildman–Crippen LogP) is 4.63. The Bertz CT molecular complexity index is 1080. The smallest absolute Gasteiger partial charge is 0.256 e. The summed E-state index contributed by atoms with van der Waals surface area (Å²) in [6, 6.07) is 22.6. The van der Waals surface area contributed by atoms with Gasteiger partial charge in [0, 0.05) is 28.9 Å². The first-order valence-electron chi connectivity index (χ1n) is 9.71. The number of amides is 2. The van der Waals surface area contributed by atoms with Crippen LogP contribution in [-0.4, -0.2) is 31.2 Å². The van der Waals surface area contributed by atoms with E-state index in [1.807, 2.05) is 59.5 Å². The molecule has 0 spiro atoms. The molecule has 0 aromatic heterocycles. The number of rotatable bonds is 6. The van der Waals surface area contributed by atoms with E-state index in [4.69, 9.17) is 4.74 Å². The van der Waals surface area contributed by atoms with Gasteiger partial charge in [-0.05, 0) is 42.3 Å². The van der Waals surface area contributed by atoms with Gasteiger partial charge in [-0.25, -0.2) is 0 Å². The Morgan fingerprint density at radius 1 is 1.03 bits per heavy atom. The van der Waals surface area contributed by atoms with Gasteiger partial charge in [-0.15, -0.1) is 11.8 Å². The minimum atomic E-state index is -0.217. The van der Waals surface area contributed by atoms with E-state index in [9.17, 15) is 9.59 Å². The van der Waals surface area contributed by atoms with Crippen LogP contribution in [0.4, 0.5) is 11.4 Å². The SMILES string of the molecule is COc1cccc(NC(=O)c2ccccc2SCC(=O)N2CCc3ccccc32)c1. The Hall–Kier alpha value is -3.25. The third kappa shape index (κ3) is 4.33. The number of ether oxygens (including phenoxy) is 1. The zero-order valence-electron chi connectivity index (χ0n) is 16.6. The number of methoxy groups -OCH3 is 1. The van der Waals surface area contributed by atoms with E-state index >= 15 is 0 Å². The van der Waals surface area contributed by atoms with Gasteiger partial charge >= 0.3 is 0 Å². The minimum absolute atomic E-state index is 0.0490. The summed E-state index contributed by atoms with van der Waals surface area (Å²) in [5.74, 6) is 0.780. The van der Waals surface area contributed by atoms with Gasteiger partial charge in [0.25, 0.3) is 5.91 Å². The second-order valence-electron chi connectivity index (χ2n) is 6.90. The van der Waals surface area contributed by atoms with Crippen LogP contribution < -0.4 is 15.0 Å². The molecule has 152 valence electrons. The van der Waals surface area contributed by atoms with Crippen LogP contribution in [0.1, 0.15) is 15.9 Å². The first-order valence-corrected chi connectivity index (χ1v) is 10.7. The average Bonchev–Trinajstić information content (AvgIpc) is 3.22. The monoisotopic (exact) mass is 418 g/mol. The fourth-order valence-corrected chi connectivity index (χ4v) is 4.42. The molecule has 0 radical (unpaired) electrons. The molecule has 0 atom stereocenters. The summed E-state index contributed by atoms with van der Waals surface area (Å²) >= 11 is 1.39. The van der Waals surface area contributed by atoms with Crippen molar-refractivity contribution in [3.8, 4) is 5.75 Å². The van der Waals surface area contributed by atoms with E-state index in [1.165, 1.54) is 17.3 Å². The highest BCUT2D eigenvalue weighted by Crippen LogP contribution is 2.30. The van der Waals surface area contributed by atoms with Gasteiger partial charge in [0.05, 0.1) is 18.4 Å². The van der Waals surface area contributed by atoms with Crippen LogP contribution in [-0.2, 0) is 11.2 Å². The normalized spacial score (nSPS) is 12.4. The molecule has 30 heavy (non-hydrogen) atoms. The highest BCUT2D eigenvalue weighted by atomic mass is 32.2. The number of anilines is 2. The molecule has 0 saturated carbocycles. The lowest BCUT2D eigenvalue weighted by molar-refractivity contribution is -0.116. The molecule has 2 amide bonds. The number of hydrogen-bond donors (Lipinski definition) is 1. The molecule has 6 heteroatoms. The van der Waals surface area contributed by atoms with E-state index < -0.39 is 0 Å². The van der Waals surface area contributed by atoms with Crippen LogP contribution in [0.5, 0.6) is 5.75 Å². The van der Waals surface area contributed by atoms with Crippen molar-refractivity contribution in [1.29, 1.82) is 0 Å². The number of thioether (sulfide) groups is 1. The third-order valence-electron chi connectivity index (χ3n) is 5.00. The maximum atomic E-state index is 12.8. The van der Waals surface area contributed by atoms with Crippen molar-refractivity contribution < 1.29 is 14.3 Å². The predicted molar refractivity (Wildman–Crippen MR) is 121 cm³/mol. The van der Waals surface area contributed by atoms with Crippen molar-refractivity contribution in [2.24, 2.45) is 0 Å². The van der Waals surface area contributed by atoms with Crippen molar-refractivity contribution in [2.45, 2.75) is 11.3 Å². The molecule has 0 aliphatic carbocycles. The lowest BCUT2D eigenvalue weighted by atomic mass is 10.2. The summed E-state index contributed by atoms with van der Waals surface area (Å²) in [6.07, 6.45) is 0.881. The van der Waals surface area contributed by atoms with Gasteiger partial charge in [-0.3, -0.25) is 9.59 Å². The summed E-state index contributed by atoms with van der Waals surface area (Å²) in [7, 11) is 1.59. The molecule has 1 N–H and O–H groups in total. The summed E-state index contributed by atoms with van der Waals surface area (Å²) in [5.41, 5.74) is 3.39. The molecule has 3 aromatic carbocycles. The molecule has 1 aliphatic rings. The van der Waals surface area contributed by atoms with E-state index in [-0.39, 0.29) is 17.6 Å². The van der Waals surface area contributed by atoms with Gasteiger partial charge in [0.1, 0.15) is 5.75 Å². The Balaban J connectivity index is 1.44. The van der Waals surface area contributed by atoms with Crippen LogP contribution in [0.2, 0.25) is 0 Å². The Labute approximate surface area is 180 Å². The Morgan fingerprint density at radius 3 is 2.70 bits per heavy atom. The number of carbonyl (C=O) groups is 2. The van der Waals surface area contributed by atoms with E-state index in [0.29, 0.717) is 23.5 Å². The molecule has 3 aromatic rings.